The molecular weight excluding hydrogens is 296 g/mol. The highest BCUT2D eigenvalue weighted by atomic mass is 35.5. The molecule has 0 aliphatic rings. The second-order valence-corrected chi connectivity index (χ2v) is 4.11. The number of ether oxygens (including phenoxy) is 3. The summed E-state index contributed by atoms with van der Waals surface area (Å²) in [7, 11) is 4.99. The summed E-state index contributed by atoms with van der Waals surface area (Å²) in [5.41, 5.74) is 0.680. The average molecular weight is 319 g/mol. The lowest BCUT2D eigenvalue weighted by Crippen LogP contribution is -2.18. The molecule has 0 aliphatic carbocycles. The van der Waals surface area contributed by atoms with Crippen LogP contribution in [0.5, 0.6) is 11.5 Å². The lowest BCUT2D eigenvalue weighted by Gasteiger charge is -2.12. The summed E-state index contributed by atoms with van der Waals surface area (Å²) in [6, 6.07) is 5.28. The summed E-state index contributed by atoms with van der Waals surface area (Å²) in [4.78, 5) is 11.7. The number of methoxy groups -OCH3 is 2. The highest BCUT2D eigenvalue weighted by Gasteiger charge is 2.08. The summed E-state index contributed by atoms with van der Waals surface area (Å²) in [6.45, 7) is 1.55. The van der Waals surface area contributed by atoms with E-state index in [-0.39, 0.29) is 18.3 Å². The van der Waals surface area contributed by atoms with Gasteiger partial charge in [-0.2, -0.15) is 0 Å². The molecule has 0 unspecified atom stereocenters. The smallest absolute Gasteiger partial charge is 0.225 e. The van der Waals surface area contributed by atoms with Gasteiger partial charge in [0, 0.05) is 31.8 Å². The van der Waals surface area contributed by atoms with Gasteiger partial charge in [-0.05, 0) is 19.2 Å². The molecule has 0 aromatic heterocycles. The van der Waals surface area contributed by atoms with Gasteiger partial charge in [-0.25, -0.2) is 0 Å². The molecule has 6 nitrogen and oxygen atoms in total. The van der Waals surface area contributed by atoms with E-state index < -0.39 is 0 Å². The molecule has 0 heterocycles. The monoisotopic (exact) mass is 318 g/mol. The van der Waals surface area contributed by atoms with Crippen molar-refractivity contribution in [2.45, 2.75) is 6.42 Å². The first-order valence-electron chi connectivity index (χ1n) is 6.45. The summed E-state index contributed by atoms with van der Waals surface area (Å²) < 4.78 is 15.7. The normalized spacial score (nSPS) is 9.67. The zero-order valence-electron chi connectivity index (χ0n) is 12.6. The third-order valence-electron chi connectivity index (χ3n) is 2.59. The number of hydrogen-bond acceptors (Lipinski definition) is 5. The summed E-state index contributed by atoms with van der Waals surface area (Å²) in [6.07, 6.45) is 0.419. The van der Waals surface area contributed by atoms with E-state index in [1.165, 1.54) is 0 Å². The maximum Gasteiger partial charge on any atom is 0.225 e. The van der Waals surface area contributed by atoms with Gasteiger partial charge < -0.3 is 24.8 Å². The molecule has 7 heteroatoms. The first-order valence-corrected chi connectivity index (χ1v) is 6.45. The fourth-order valence-corrected chi connectivity index (χ4v) is 1.56. The van der Waals surface area contributed by atoms with E-state index in [1.807, 2.05) is 7.05 Å². The third kappa shape index (κ3) is 7.17. The van der Waals surface area contributed by atoms with Crippen LogP contribution in [0.2, 0.25) is 0 Å². The van der Waals surface area contributed by atoms with Crippen LogP contribution in [0.3, 0.4) is 0 Å². The number of halogens is 1. The third-order valence-corrected chi connectivity index (χ3v) is 2.59. The summed E-state index contributed by atoms with van der Waals surface area (Å²) >= 11 is 0. The van der Waals surface area contributed by atoms with Crippen molar-refractivity contribution in [1.82, 2.24) is 5.32 Å². The van der Waals surface area contributed by atoms with Crippen molar-refractivity contribution in [3.8, 4) is 11.5 Å². The van der Waals surface area contributed by atoms with Crippen molar-refractivity contribution < 1.29 is 19.0 Å². The van der Waals surface area contributed by atoms with E-state index in [0.717, 1.165) is 0 Å². The SMILES string of the molecule is CNCCC(=O)Nc1ccc(OC)c(OCCOC)c1.Cl. The Hall–Kier alpha value is -1.50. The molecule has 0 radical (unpaired) electrons. The Kier molecular flexibility index (Phi) is 10.4. The molecule has 0 bridgehead atoms. The van der Waals surface area contributed by atoms with E-state index in [9.17, 15) is 4.79 Å². The van der Waals surface area contributed by atoms with E-state index in [0.29, 0.717) is 43.4 Å². The predicted molar refractivity (Wildman–Crippen MR) is 84.8 cm³/mol. The molecule has 1 amide bonds. The van der Waals surface area contributed by atoms with Crippen LogP contribution in [0, 0.1) is 0 Å². The van der Waals surface area contributed by atoms with Crippen molar-refractivity contribution in [3.05, 3.63) is 18.2 Å². The number of anilines is 1. The Labute approximate surface area is 131 Å². The Bertz CT molecular complexity index is 429. The Morgan fingerprint density at radius 1 is 1.19 bits per heavy atom. The van der Waals surface area contributed by atoms with Gasteiger partial charge in [-0.1, -0.05) is 0 Å². The summed E-state index contributed by atoms with van der Waals surface area (Å²) in [5, 5.41) is 5.74. The largest absolute Gasteiger partial charge is 0.493 e. The molecule has 0 saturated carbocycles. The first-order chi connectivity index (χ1) is 9.71. The maximum atomic E-state index is 11.7. The quantitative estimate of drug-likeness (QED) is 0.678. The van der Waals surface area contributed by atoms with E-state index in [1.54, 1.807) is 32.4 Å². The molecule has 1 aromatic carbocycles. The van der Waals surface area contributed by atoms with Crippen LogP contribution in [0.15, 0.2) is 18.2 Å². The minimum Gasteiger partial charge on any atom is -0.493 e. The van der Waals surface area contributed by atoms with Crippen LogP contribution < -0.4 is 20.1 Å². The molecule has 0 atom stereocenters. The first kappa shape index (κ1) is 19.5. The molecule has 0 saturated heterocycles. The maximum absolute atomic E-state index is 11.7. The van der Waals surface area contributed by atoms with Gasteiger partial charge in [0.05, 0.1) is 13.7 Å². The summed E-state index contributed by atoms with van der Waals surface area (Å²) in [5.74, 6) is 1.15. The molecular formula is C14H23ClN2O4. The number of rotatable bonds is 9. The Morgan fingerprint density at radius 3 is 2.57 bits per heavy atom. The van der Waals surface area contributed by atoms with Crippen molar-refractivity contribution in [1.29, 1.82) is 0 Å². The van der Waals surface area contributed by atoms with Crippen molar-refractivity contribution in [3.63, 3.8) is 0 Å². The van der Waals surface area contributed by atoms with Gasteiger partial charge >= 0.3 is 0 Å². The number of nitrogens with one attached hydrogen (secondary N) is 2. The van der Waals surface area contributed by atoms with Crippen LogP contribution in [-0.4, -0.2) is 46.9 Å². The van der Waals surface area contributed by atoms with Gasteiger partial charge in [0.1, 0.15) is 6.61 Å². The molecule has 21 heavy (non-hydrogen) atoms. The van der Waals surface area contributed by atoms with Crippen LogP contribution >= 0.6 is 12.4 Å². The molecule has 1 rings (SSSR count). The van der Waals surface area contributed by atoms with E-state index in [4.69, 9.17) is 14.2 Å². The lowest BCUT2D eigenvalue weighted by atomic mass is 10.2. The number of benzene rings is 1. The fraction of sp³-hybridized carbons (Fsp3) is 0.500. The van der Waals surface area contributed by atoms with Gasteiger partial charge in [-0.15, -0.1) is 12.4 Å². The fourth-order valence-electron chi connectivity index (χ4n) is 1.56. The number of amides is 1. The Morgan fingerprint density at radius 2 is 1.95 bits per heavy atom. The lowest BCUT2D eigenvalue weighted by molar-refractivity contribution is -0.116. The molecule has 0 fully saturated rings. The highest BCUT2D eigenvalue weighted by molar-refractivity contribution is 5.91. The number of carbonyl (C=O) groups is 1. The highest BCUT2D eigenvalue weighted by Crippen LogP contribution is 2.30. The van der Waals surface area contributed by atoms with Crippen LogP contribution in [0.25, 0.3) is 0 Å². The van der Waals surface area contributed by atoms with Crippen LogP contribution in [0.4, 0.5) is 5.69 Å². The Balaban J connectivity index is 0.00000400. The van der Waals surface area contributed by atoms with E-state index in [2.05, 4.69) is 10.6 Å². The molecule has 2 N–H and O–H groups in total. The number of carbonyl (C=O) groups excluding carboxylic acids is 1. The standard InChI is InChI=1S/C14H22N2O4.ClH/c1-15-7-6-14(17)16-11-4-5-12(19-3)13(10-11)20-9-8-18-2;/h4-5,10,15H,6-9H2,1-3H3,(H,16,17);1H. The predicted octanol–water partition coefficient (Wildman–Crippen LogP) is 1.69. The molecule has 1 aromatic rings. The minimum atomic E-state index is -0.0487. The van der Waals surface area contributed by atoms with Crippen LogP contribution in [-0.2, 0) is 9.53 Å². The zero-order valence-corrected chi connectivity index (χ0v) is 13.4. The van der Waals surface area contributed by atoms with Gasteiger partial charge in [0.25, 0.3) is 0 Å². The van der Waals surface area contributed by atoms with Gasteiger partial charge in [0.15, 0.2) is 11.5 Å². The molecule has 120 valence electrons. The second kappa shape index (κ2) is 11.2. The number of hydrogen-bond donors (Lipinski definition) is 2. The van der Waals surface area contributed by atoms with Gasteiger partial charge in [-0.3, -0.25) is 4.79 Å². The minimum absolute atomic E-state index is 0. The topological polar surface area (TPSA) is 68.8 Å². The second-order valence-electron chi connectivity index (χ2n) is 4.11. The van der Waals surface area contributed by atoms with E-state index >= 15 is 0 Å². The van der Waals surface area contributed by atoms with Gasteiger partial charge in [0.2, 0.25) is 5.91 Å². The molecule has 0 aliphatic heterocycles. The van der Waals surface area contributed by atoms with Crippen molar-refractivity contribution >= 4 is 24.0 Å². The van der Waals surface area contributed by atoms with Crippen LogP contribution in [0.1, 0.15) is 6.42 Å². The molecule has 0 spiro atoms. The van der Waals surface area contributed by atoms with Crippen molar-refractivity contribution in [2.24, 2.45) is 0 Å². The zero-order chi connectivity index (χ0) is 14.8. The van der Waals surface area contributed by atoms with Crippen molar-refractivity contribution in [2.75, 3.05) is 46.3 Å². The average Bonchev–Trinajstić information content (AvgIpc) is 2.46.